The molecule has 23 heavy (non-hydrogen) atoms. The minimum atomic E-state index is -0.491. The van der Waals surface area contributed by atoms with Gasteiger partial charge in [-0.3, -0.25) is 19.3 Å². The van der Waals surface area contributed by atoms with Crippen molar-refractivity contribution in [2.45, 2.75) is 32.9 Å². The molecule has 1 saturated heterocycles. The Morgan fingerprint density at radius 1 is 1.35 bits per heavy atom. The van der Waals surface area contributed by atoms with Gasteiger partial charge in [-0.25, -0.2) is 4.79 Å². The quantitative estimate of drug-likeness (QED) is 0.847. The van der Waals surface area contributed by atoms with Crippen LogP contribution in [0.5, 0.6) is 0 Å². The summed E-state index contributed by atoms with van der Waals surface area (Å²) in [6, 6.07) is 3.52. The van der Waals surface area contributed by atoms with E-state index in [4.69, 9.17) is 0 Å². The number of rotatable bonds is 4. The number of hydrogen-bond donors (Lipinski definition) is 1. The molecular weight excluding hydrogens is 298 g/mol. The fraction of sp³-hybridized carbons (Fsp3) is 0.467. The van der Waals surface area contributed by atoms with E-state index in [1.165, 1.54) is 16.8 Å². The lowest BCUT2D eigenvalue weighted by Crippen LogP contribution is -2.51. The number of carbonyl (C=O) groups is 1. The minimum Gasteiger partial charge on any atom is -0.338 e. The monoisotopic (exact) mass is 317 g/mol. The van der Waals surface area contributed by atoms with Crippen molar-refractivity contribution in [2.75, 3.05) is 13.1 Å². The smallest absolute Gasteiger partial charge is 0.328 e. The number of aromatic nitrogens is 4. The van der Waals surface area contributed by atoms with Gasteiger partial charge in [0.05, 0.1) is 11.7 Å². The third-order valence-corrected chi connectivity index (χ3v) is 4.07. The maximum atomic E-state index is 12.2. The highest BCUT2D eigenvalue weighted by atomic mass is 16.2. The standard InChI is InChI=1S/C15H19N5O3/c1-10-7-11(2)20(17-10)12-8-19(9-12)14(22)4-6-18-5-3-13(21)16-15(18)23/h3,5,7,12H,4,6,8-9H2,1-2H3,(H,16,21,23). The summed E-state index contributed by atoms with van der Waals surface area (Å²) >= 11 is 0. The van der Waals surface area contributed by atoms with Gasteiger partial charge >= 0.3 is 5.69 Å². The average Bonchev–Trinajstić information content (AvgIpc) is 2.75. The zero-order valence-corrected chi connectivity index (χ0v) is 13.2. The summed E-state index contributed by atoms with van der Waals surface area (Å²) in [6.45, 7) is 5.50. The van der Waals surface area contributed by atoms with Crippen molar-refractivity contribution in [2.24, 2.45) is 0 Å². The number of aromatic amines is 1. The van der Waals surface area contributed by atoms with Gasteiger partial charge in [0.2, 0.25) is 5.91 Å². The van der Waals surface area contributed by atoms with Crippen LogP contribution >= 0.6 is 0 Å². The van der Waals surface area contributed by atoms with Crippen molar-refractivity contribution in [3.8, 4) is 0 Å². The maximum Gasteiger partial charge on any atom is 0.328 e. The Labute approximate surface area is 132 Å². The largest absolute Gasteiger partial charge is 0.338 e. The number of hydrogen-bond acceptors (Lipinski definition) is 4. The van der Waals surface area contributed by atoms with Crippen LogP contribution in [-0.4, -0.2) is 43.2 Å². The molecule has 3 heterocycles. The first-order valence-corrected chi connectivity index (χ1v) is 7.54. The van der Waals surface area contributed by atoms with Crippen LogP contribution in [0.4, 0.5) is 0 Å². The molecule has 1 N–H and O–H groups in total. The second-order valence-electron chi connectivity index (χ2n) is 5.88. The molecule has 0 spiro atoms. The summed E-state index contributed by atoms with van der Waals surface area (Å²) in [6.07, 6.45) is 1.64. The zero-order valence-electron chi connectivity index (χ0n) is 13.2. The Balaban J connectivity index is 1.54. The van der Waals surface area contributed by atoms with E-state index >= 15 is 0 Å². The molecule has 0 unspecified atom stereocenters. The second-order valence-corrected chi connectivity index (χ2v) is 5.88. The first kappa shape index (κ1) is 15.3. The van der Waals surface area contributed by atoms with Gasteiger partial charge in [0.25, 0.3) is 5.56 Å². The molecule has 1 aliphatic rings. The van der Waals surface area contributed by atoms with Crippen molar-refractivity contribution in [3.05, 3.63) is 50.6 Å². The Morgan fingerprint density at radius 3 is 2.70 bits per heavy atom. The van der Waals surface area contributed by atoms with Gasteiger partial charge in [-0.05, 0) is 19.9 Å². The summed E-state index contributed by atoms with van der Waals surface area (Å²) in [5.41, 5.74) is 1.14. The van der Waals surface area contributed by atoms with Gasteiger partial charge in [0.15, 0.2) is 0 Å². The summed E-state index contributed by atoms with van der Waals surface area (Å²) < 4.78 is 3.29. The second kappa shape index (κ2) is 5.86. The van der Waals surface area contributed by atoms with Crippen molar-refractivity contribution in [1.29, 1.82) is 0 Å². The van der Waals surface area contributed by atoms with Crippen LogP contribution in [0.3, 0.4) is 0 Å². The maximum absolute atomic E-state index is 12.2. The Hall–Kier alpha value is -2.64. The molecule has 2 aromatic rings. The highest BCUT2D eigenvalue weighted by Crippen LogP contribution is 2.23. The first-order chi connectivity index (χ1) is 10.9. The van der Waals surface area contributed by atoms with Gasteiger partial charge in [-0.1, -0.05) is 0 Å². The van der Waals surface area contributed by atoms with Crippen LogP contribution in [0.1, 0.15) is 23.9 Å². The third kappa shape index (κ3) is 3.10. The van der Waals surface area contributed by atoms with E-state index in [0.717, 1.165) is 11.4 Å². The van der Waals surface area contributed by atoms with Gasteiger partial charge in [0.1, 0.15) is 0 Å². The molecular formula is C15H19N5O3. The predicted molar refractivity (Wildman–Crippen MR) is 83.3 cm³/mol. The molecule has 122 valence electrons. The molecule has 3 rings (SSSR count). The van der Waals surface area contributed by atoms with E-state index in [0.29, 0.717) is 13.1 Å². The highest BCUT2D eigenvalue weighted by Gasteiger charge is 2.32. The molecule has 0 bridgehead atoms. The lowest BCUT2D eigenvalue weighted by atomic mass is 10.1. The van der Waals surface area contributed by atoms with Gasteiger partial charge in [-0.15, -0.1) is 0 Å². The zero-order chi connectivity index (χ0) is 16.6. The van der Waals surface area contributed by atoms with Gasteiger partial charge in [0, 0.05) is 44.0 Å². The Kier molecular flexibility index (Phi) is 3.89. The van der Waals surface area contributed by atoms with Crippen LogP contribution in [0, 0.1) is 13.8 Å². The van der Waals surface area contributed by atoms with E-state index in [1.807, 2.05) is 24.6 Å². The molecule has 0 atom stereocenters. The molecule has 2 aromatic heterocycles. The molecule has 1 aliphatic heterocycles. The topological polar surface area (TPSA) is 93.0 Å². The third-order valence-electron chi connectivity index (χ3n) is 4.07. The normalized spacial score (nSPS) is 14.8. The highest BCUT2D eigenvalue weighted by molar-refractivity contribution is 5.77. The van der Waals surface area contributed by atoms with Crippen molar-refractivity contribution < 1.29 is 4.79 Å². The molecule has 1 amide bonds. The van der Waals surface area contributed by atoms with Crippen LogP contribution in [0.25, 0.3) is 0 Å². The number of H-pyrrole nitrogens is 1. The van der Waals surface area contributed by atoms with Crippen LogP contribution < -0.4 is 11.2 Å². The lowest BCUT2D eigenvalue weighted by molar-refractivity contribution is -0.137. The van der Waals surface area contributed by atoms with E-state index < -0.39 is 11.2 Å². The van der Waals surface area contributed by atoms with E-state index in [-0.39, 0.29) is 24.9 Å². The SMILES string of the molecule is Cc1cc(C)n(C2CN(C(=O)CCn3ccc(=O)[nH]c3=O)C2)n1. The lowest BCUT2D eigenvalue weighted by Gasteiger charge is -2.39. The first-order valence-electron chi connectivity index (χ1n) is 7.54. The summed E-state index contributed by atoms with van der Waals surface area (Å²) in [5, 5.41) is 4.44. The molecule has 0 aliphatic carbocycles. The summed E-state index contributed by atoms with van der Waals surface area (Å²) in [7, 11) is 0. The number of nitrogens with zero attached hydrogens (tertiary/aromatic N) is 4. The summed E-state index contributed by atoms with van der Waals surface area (Å²) in [5.74, 6) is 0.000816. The van der Waals surface area contributed by atoms with Crippen LogP contribution in [0.15, 0.2) is 27.9 Å². The number of carbonyl (C=O) groups excluding carboxylic acids is 1. The molecule has 0 radical (unpaired) electrons. The van der Waals surface area contributed by atoms with Crippen LogP contribution in [0.2, 0.25) is 0 Å². The molecule has 8 heteroatoms. The predicted octanol–water partition coefficient (Wildman–Crippen LogP) is -0.176. The molecule has 0 saturated carbocycles. The van der Waals surface area contributed by atoms with Gasteiger partial charge < -0.3 is 9.47 Å². The fourth-order valence-electron chi connectivity index (χ4n) is 2.82. The number of amides is 1. The Morgan fingerprint density at radius 2 is 2.09 bits per heavy atom. The van der Waals surface area contributed by atoms with E-state index in [9.17, 15) is 14.4 Å². The van der Waals surface area contributed by atoms with Crippen molar-refractivity contribution in [1.82, 2.24) is 24.2 Å². The number of likely N-dealkylation sites (tertiary alicyclic amines) is 1. The number of aryl methyl sites for hydroxylation is 3. The number of nitrogens with one attached hydrogen (secondary N) is 1. The molecule has 1 fully saturated rings. The van der Waals surface area contributed by atoms with Crippen molar-refractivity contribution in [3.63, 3.8) is 0 Å². The Bertz CT molecular complexity index is 841. The van der Waals surface area contributed by atoms with Crippen molar-refractivity contribution >= 4 is 5.91 Å². The summed E-state index contributed by atoms with van der Waals surface area (Å²) in [4.78, 5) is 38.6. The van der Waals surface area contributed by atoms with E-state index in [2.05, 4.69) is 10.1 Å². The minimum absolute atomic E-state index is 0.000816. The molecule has 0 aromatic carbocycles. The fourth-order valence-corrected chi connectivity index (χ4v) is 2.82. The van der Waals surface area contributed by atoms with Gasteiger partial charge in [-0.2, -0.15) is 5.10 Å². The average molecular weight is 317 g/mol. The van der Waals surface area contributed by atoms with E-state index in [1.54, 1.807) is 4.90 Å². The van der Waals surface area contributed by atoms with Crippen LogP contribution in [-0.2, 0) is 11.3 Å². The molecule has 8 nitrogen and oxygen atoms in total.